The van der Waals surface area contributed by atoms with Gasteiger partial charge in [0.1, 0.15) is 5.82 Å². The van der Waals surface area contributed by atoms with E-state index in [2.05, 4.69) is 10.0 Å². The molecule has 0 aliphatic heterocycles. The van der Waals surface area contributed by atoms with E-state index in [1.54, 1.807) is 42.1 Å². The molecule has 29 heavy (non-hydrogen) atoms. The lowest BCUT2D eigenvalue weighted by atomic mass is 10.2. The molecular weight excluding hydrogens is 411 g/mol. The number of carbonyl (C=O) groups is 1. The molecule has 3 rings (SSSR count). The summed E-state index contributed by atoms with van der Waals surface area (Å²) in [6.07, 6.45) is 0. The first-order chi connectivity index (χ1) is 13.9. The predicted molar refractivity (Wildman–Crippen MR) is 114 cm³/mol. The summed E-state index contributed by atoms with van der Waals surface area (Å²) in [6, 6.07) is 18.2. The van der Waals surface area contributed by atoms with E-state index in [0.717, 1.165) is 22.8 Å². The van der Waals surface area contributed by atoms with Gasteiger partial charge in [0, 0.05) is 16.3 Å². The molecule has 0 radical (unpaired) electrons. The van der Waals surface area contributed by atoms with E-state index in [0.29, 0.717) is 16.9 Å². The molecule has 0 heterocycles. The van der Waals surface area contributed by atoms with Gasteiger partial charge in [-0.3, -0.25) is 9.52 Å². The smallest absolute Gasteiger partial charge is 0.261 e. The summed E-state index contributed by atoms with van der Waals surface area (Å²) in [5, 5.41) is 2.81. The van der Waals surface area contributed by atoms with Crippen LogP contribution in [0.15, 0.2) is 82.6 Å². The number of benzene rings is 3. The summed E-state index contributed by atoms with van der Waals surface area (Å²) in [5.74, 6) is 0.108. The van der Waals surface area contributed by atoms with E-state index in [1.165, 1.54) is 12.1 Å². The molecule has 5 nitrogen and oxygen atoms in total. The average molecular weight is 431 g/mol. The molecule has 0 saturated carbocycles. The minimum atomic E-state index is -3.83. The molecule has 0 aliphatic carbocycles. The molecule has 2 N–H and O–H groups in total. The number of amides is 1. The Labute approximate surface area is 173 Å². The van der Waals surface area contributed by atoms with Gasteiger partial charge in [0.15, 0.2) is 0 Å². The third kappa shape index (κ3) is 5.36. The summed E-state index contributed by atoms with van der Waals surface area (Å²) >= 11 is 1.59. The van der Waals surface area contributed by atoms with Crippen LogP contribution in [-0.4, -0.2) is 20.1 Å². The minimum Gasteiger partial charge on any atom is -0.322 e. The van der Waals surface area contributed by atoms with Crippen molar-refractivity contribution in [3.63, 3.8) is 0 Å². The van der Waals surface area contributed by atoms with Gasteiger partial charge in [0.25, 0.3) is 15.9 Å². The number of sulfonamides is 1. The lowest BCUT2D eigenvalue weighted by molar-refractivity contribution is 0.102. The van der Waals surface area contributed by atoms with Crippen molar-refractivity contribution in [1.29, 1.82) is 0 Å². The maximum atomic E-state index is 13.0. The molecule has 0 atom stereocenters. The fraction of sp³-hybridized carbons (Fsp3) is 0.0952. The molecule has 3 aromatic carbocycles. The molecule has 150 valence electrons. The van der Waals surface area contributed by atoms with Gasteiger partial charge < -0.3 is 5.32 Å². The summed E-state index contributed by atoms with van der Waals surface area (Å²) < 4.78 is 40.1. The van der Waals surface area contributed by atoms with Gasteiger partial charge in [-0.1, -0.05) is 19.1 Å². The quantitative estimate of drug-likeness (QED) is 0.518. The number of hydrogen-bond acceptors (Lipinski definition) is 4. The normalized spacial score (nSPS) is 11.1. The lowest BCUT2D eigenvalue weighted by Gasteiger charge is -2.11. The first-order valence-corrected chi connectivity index (χ1v) is 11.3. The molecule has 0 aliphatic rings. The van der Waals surface area contributed by atoms with Crippen molar-refractivity contribution in [3.8, 4) is 0 Å². The highest BCUT2D eigenvalue weighted by Gasteiger charge is 2.15. The molecule has 0 fully saturated rings. The summed E-state index contributed by atoms with van der Waals surface area (Å²) in [5.41, 5.74) is 1.45. The highest BCUT2D eigenvalue weighted by atomic mass is 32.2. The van der Waals surface area contributed by atoms with Crippen molar-refractivity contribution >= 4 is 39.1 Å². The largest absolute Gasteiger partial charge is 0.322 e. The van der Waals surface area contributed by atoms with Crippen molar-refractivity contribution in [2.24, 2.45) is 0 Å². The van der Waals surface area contributed by atoms with Crippen molar-refractivity contribution in [2.45, 2.75) is 16.7 Å². The zero-order valence-electron chi connectivity index (χ0n) is 15.6. The van der Waals surface area contributed by atoms with Crippen LogP contribution >= 0.6 is 11.8 Å². The number of carbonyl (C=O) groups excluding carboxylic acids is 1. The summed E-state index contributed by atoms with van der Waals surface area (Å²) in [4.78, 5) is 13.4. The van der Waals surface area contributed by atoms with Gasteiger partial charge in [0.2, 0.25) is 0 Å². The predicted octanol–water partition coefficient (Wildman–Crippen LogP) is 4.99. The van der Waals surface area contributed by atoms with Crippen molar-refractivity contribution in [2.75, 3.05) is 15.8 Å². The van der Waals surface area contributed by atoms with E-state index in [9.17, 15) is 17.6 Å². The van der Waals surface area contributed by atoms with Crippen LogP contribution < -0.4 is 10.0 Å². The minimum absolute atomic E-state index is 0.0405. The van der Waals surface area contributed by atoms with Crippen LogP contribution in [-0.2, 0) is 10.0 Å². The molecule has 0 spiro atoms. The van der Waals surface area contributed by atoms with E-state index >= 15 is 0 Å². The van der Waals surface area contributed by atoms with E-state index in [4.69, 9.17) is 0 Å². The Hall–Kier alpha value is -2.84. The Bertz CT molecular complexity index is 1100. The summed E-state index contributed by atoms with van der Waals surface area (Å²) in [7, 11) is -3.83. The van der Waals surface area contributed by atoms with Crippen molar-refractivity contribution in [3.05, 3.63) is 84.2 Å². The maximum absolute atomic E-state index is 13.0. The van der Waals surface area contributed by atoms with E-state index in [-0.39, 0.29) is 10.8 Å². The van der Waals surface area contributed by atoms with Crippen molar-refractivity contribution in [1.82, 2.24) is 0 Å². The van der Waals surface area contributed by atoms with Crippen LogP contribution in [0.5, 0.6) is 0 Å². The molecule has 0 saturated heterocycles. The second kappa shape index (κ2) is 9.11. The Balaban J connectivity index is 1.70. The average Bonchev–Trinajstić information content (AvgIpc) is 2.70. The number of nitrogens with one attached hydrogen (secondary N) is 2. The highest BCUT2D eigenvalue weighted by Crippen LogP contribution is 2.24. The van der Waals surface area contributed by atoms with E-state index in [1.807, 2.05) is 25.1 Å². The topological polar surface area (TPSA) is 75.3 Å². The Morgan fingerprint density at radius 3 is 2.21 bits per heavy atom. The maximum Gasteiger partial charge on any atom is 0.261 e. The van der Waals surface area contributed by atoms with Gasteiger partial charge >= 0.3 is 0 Å². The first kappa shape index (κ1) is 20.9. The highest BCUT2D eigenvalue weighted by molar-refractivity contribution is 7.99. The van der Waals surface area contributed by atoms with Gasteiger partial charge in [0.05, 0.1) is 10.5 Å². The number of thioether (sulfide) groups is 1. The molecule has 0 aromatic heterocycles. The number of halogens is 1. The van der Waals surface area contributed by atoms with E-state index < -0.39 is 15.8 Å². The van der Waals surface area contributed by atoms with Crippen LogP contribution in [0.3, 0.4) is 0 Å². The number of hydrogen-bond donors (Lipinski definition) is 2. The third-order valence-electron chi connectivity index (χ3n) is 3.95. The van der Waals surface area contributed by atoms with Gasteiger partial charge in [-0.05, 0) is 66.4 Å². The van der Waals surface area contributed by atoms with Gasteiger partial charge in [-0.25, -0.2) is 12.8 Å². The molecule has 3 aromatic rings. The molecule has 0 unspecified atom stereocenters. The SMILES string of the molecule is CCSc1ccccc1C(=O)Nc1ccc(NS(=O)(=O)c2ccc(F)cc2)cc1. The molecule has 0 bridgehead atoms. The summed E-state index contributed by atoms with van der Waals surface area (Å²) in [6.45, 7) is 2.02. The van der Waals surface area contributed by atoms with Gasteiger partial charge in [-0.2, -0.15) is 0 Å². The zero-order chi connectivity index (χ0) is 20.9. The zero-order valence-corrected chi connectivity index (χ0v) is 17.2. The Kier molecular flexibility index (Phi) is 6.56. The van der Waals surface area contributed by atoms with Crippen LogP contribution in [0.25, 0.3) is 0 Å². The Morgan fingerprint density at radius 1 is 0.931 bits per heavy atom. The van der Waals surface area contributed by atoms with Crippen LogP contribution in [0, 0.1) is 5.82 Å². The van der Waals surface area contributed by atoms with Crippen LogP contribution in [0.4, 0.5) is 15.8 Å². The third-order valence-corrected chi connectivity index (χ3v) is 6.30. The number of rotatable bonds is 7. The lowest BCUT2D eigenvalue weighted by Crippen LogP contribution is -2.14. The monoisotopic (exact) mass is 430 g/mol. The van der Waals surface area contributed by atoms with Crippen molar-refractivity contribution < 1.29 is 17.6 Å². The fourth-order valence-electron chi connectivity index (χ4n) is 2.58. The van der Waals surface area contributed by atoms with Crippen LogP contribution in [0.2, 0.25) is 0 Å². The molecular formula is C21H19FN2O3S2. The fourth-order valence-corrected chi connectivity index (χ4v) is 4.44. The standard InChI is InChI=1S/C21H19FN2O3S2/c1-2-28-20-6-4-3-5-19(20)21(25)23-16-9-11-17(12-10-16)24-29(26,27)18-13-7-15(22)8-14-18/h3-14,24H,2H2,1H3,(H,23,25). The van der Waals surface area contributed by atoms with Gasteiger partial charge in [-0.15, -0.1) is 11.8 Å². The second-order valence-corrected chi connectivity index (χ2v) is 9.01. The Morgan fingerprint density at radius 2 is 1.55 bits per heavy atom. The molecule has 8 heteroatoms. The molecule has 1 amide bonds. The number of anilines is 2. The first-order valence-electron chi connectivity index (χ1n) is 8.80. The second-order valence-electron chi connectivity index (χ2n) is 6.02. The van der Waals surface area contributed by atoms with Crippen LogP contribution in [0.1, 0.15) is 17.3 Å².